The van der Waals surface area contributed by atoms with Crippen LogP contribution in [0.5, 0.6) is 11.5 Å². The summed E-state index contributed by atoms with van der Waals surface area (Å²) in [5.74, 6) is 1.81. The molecule has 192 valence electrons. The van der Waals surface area contributed by atoms with Gasteiger partial charge in [-0.2, -0.15) is 0 Å². The van der Waals surface area contributed by atoms with Gasteiger partial charge in [0, 0.05) is 30.1 Å². The Morgan fingerprint density at radius 3 is 2.62 bits per heavy atom. The van der Waals surface area contributed by atoms with Crippen LogP contribution in [0.2, 0.25) is 0 Å². The number of hydrogen-bond acceptors (Lipinski definition) is 7. The van der Waals surface area contributed by atoms with Crippen LogP contribution in [0, 0.1) is 5.82 Å². The second kappa shape index (κ2) is 9.93. The maximum absolute atomic E-state index is 13.6. The zero-order valence-corrected chi connectivity index (χ0v) is 20.7. The summed E-state index contributed by atoms with van der Waals surface area (Å²) < 4.78 is 26.6. The van der Waals surface area contributed by atoms with Gasteiger partial charge in [0.25, 0.3) is 5.56 Å². The predicted octanol–water partition coefficient (Wildman–Crippen LogP) is 4.65. The third-order valence-electron chi connectivity index (χ3n) is 7.40. The fraction of sp³-hybridized carbons (Fsp3) is 0.407. The second-order valence-electron chi connectivity index (χ2n) is 9.79. The van der Waals surface area contributed by atoms with E-state index in [-0.39, 0.29) is 24.2 Å². The molecule has 37 heavy (non-hydrogen) atoms. The number of halogens is 1. The molecule has 1 saturated carbocycles. The van der Waals surface area contributed by atoms with E-state index in [1.54, 1.807) is 18.2 Å². The van der Waals surface area contributed by atoms with E-state index in [0.717, 1.165) is 36.0 Å². The first-order valence-corrected chi connectivity index (χ1v) is 12.8. The van der Waals surface area contributed by atoms with E-state index < -0.39 is 0 Å². The average Bonchev–Trinajstić information content (AvgIpc) is 3.67. The smallest absolute Gasteiger partial charge is 0.252 e. The van der Waals surface area contributed by atoms with Crippen LogP contribution in [0.4, 0.5) is 4.39 Å². The van der Waals surface area contributed by atoms with Crippen molar-refractivity contribution in [1.82, 2.24) is 30.1 Å². The van der Waals surface area contributed by atoms with Crippen molar-refractivity contribution in [1.29, 1.82) is 0 Å². The Bertz CT molecular complexity index is 1460. The summed E-state index contributed by atoms with van der Waals surface area (Å²) in [6.45, 7) is 3.14. The molecule has 2 aliphatic rings. The molecule has 1 aliphatic heterocycles. The molecule has 1 atom stereocenters. The van der Waals surface area contributed by atoms with Gasteiger partial charge in [0.1, 0.15) is 5.82 Å². The van der Waals surface area contributed by atoms with Gasteiger partial charge in [-0.25, -0.2) is 9.07 Å². The minimum atomic E-state index is -0.280. The topological polar surface area (TPSA) is 98.2 Å². The Kier molecular flexibility index (Phi) is 6.33. The molecule has 0 radical (unpaired) electrons. The van der Waals surface area contributed by atoms with Crippen molar-refractivity contribution in [2.45, 2.75) is 64.2 Å². The third kappa shape index (κ3) is 4.69. The van der Waals surface area contributed by atoms with Crippen molar-refractivity contribution in [3.05, 3.63) is 75.6 Å². The maximum Gasteiger partial charge on any atom is 0.252 e. The van der Waals surface area contributed by atoms with E-state index in [4.69, 9.17) is 9.47 Å². The number of nitrogens with one attached hydrogen (secondary N) is 1. The number of nitrogens with zero attached hydrogens (tertiary/aromatic N) is 5. The molecule has 2 aromatic heterocycles. The molecule has 1 aliphatic carbocycles. The van der Waals surface area contributed by atoms with E-state index in [0.29, 0.717) is 41.7 Å². The van der Waals surface area contributed by atoms with Crippen molar-refractivity contribution in [2.75, 3.05) is 6.79 Å². The number of rotatable bonds is 8. The number of H-pyrrole nitrogens is 1. The minimum Gasteiger partial charge on any atom is -0.454 e. The van der Waals surface area contributed by atoms with E-state index in [1.165, 1.54) is 25.0 Å². The summed E-state index contributed by atoms with van der Waals surface area (Å²) in [7, 11) is 0. The summed E-state index contributed by atoms with van der Waals surface area (Å²) in [6, 6.07) is 12.2. The first-order valence-electron chi connectivity index (χ1n) is 12.8. The molecule has 1 unspecified atom stereocenters. The van der Waals surface area contributed by atoms with Crippen molar-refractivity contribution in [2.24, 2.45) is 0 Å². The van der Waals surface area contributed by atoms with Gasteiger partial charge < -0.3 is 14.5 Å². The zero-order valence-electron chi connectivity index (χ0n) is 20.7. The number of fused-ring (bicyclic) bond motifs is 2. The number of pyridine rings is 1. The first-order chi connectivity index (χ1) is 18.1. The lowest BCUT2D eigenvalue weighted by Crippen LogP contribution is -2.32. The third-order valence-corrected chi connectivity index (χ3v) is 7.40. The van der Waals surface area contributed by atoms with Gasteiger partial charge >= 0.3 is 0 Å². The van der Waals surface area contributed by atoms with Crippen molar-refractivity contribution < 1.29 is 13.9 Å². The van der Waals surface area contributed by atoms with Crippen LogP contribution >= 0.6 is 0 Å². The monoisotopic (exact) mass is 504 g/mol. The van der Waals surface area contributed by atoms with E-state index in [1.807, 2.05) is 16.8 Å². The van der Waals surface area contributed by atoms with E-state index in [9.17, 15) is 9.18 Å². The van der Waals surface area contributed by atoms with Gasteiger partial charge in [-0.15, -0.1) is 5.10 Å². The van der Waals surface area contributed by atoms with Crippen LogP contribution in [0.3, 0.4) is 0 Å². The fourth-order valence-electron chi connectivity index (χ4n) is 5.51. The molecular weight excluding hydrogens is 475 g/mol. The Morgan fingerprint density at radius 1 is 1.11 bits per heavy atom. The molecule has 9 nitrogen and oxygen atoms in total. The molecule has 3 heterocycles. The molecule has 0 amide bonds. The number of benzene rings is 2. The Balaban J connectivity index is 1.38. The molecule has 6 rings (SSSR count). The lowest BCUT2D eigenvalue weighted by Gasteiger charge is -2.31. The van der Waals surface area contributed by atoms with E-state index >= 15 is 0 Å². The molecular formula is C27H29FN6O3. The zero-order chi connectivity index (χ0) is 25.4. The summed E-state index contributed by atoms with van der Waals surface area (Å²) in [6.07, 6.45) is 5.22. The highest BCUT2D eigenvalue weighted by atomic mass is 19.1. The summed E-state index contributed by atoms with van der Waals surface area (Å²) >= 11 is 0. The summed E-state index contributed by atoms with van der Waals surface area (Å²) in [5.41, 5.74) is 2.09. The number of aromatic nitrogens is 5. The van der Waals surface area contributed by atoms with Gasteiger partial charge in [0.05, 0.1) is 17.6 Å². The van der Waals surface area contributed by atoms with Crippen molar-refractivity contribution in [3.63, 3.8) is 0 Å². The molecule has 0 saturated heterocycles. The van der Waals surface area contributed by atoms with Crippen LogP contribution in [0.1, 0.15) is 68.1 Å². The highest BCUT2D eigenvalue weighted by Gasteiger charge is 2.30. The quantitative estimate of drug-likeness (QED) is 0.373. The largest absolute Gasteiger partial charge is 0.454 e. The summed E-state index contributed by atoms with van der Waals surface area (Å²) in [4.78, 5) is 18.4. The van der Waals surface area contributed by atoms with Crippen LogP contribution in [-0.2, 0) is 13.1 Å². The normalized spacial score (nSPS) is 16.2. The second-order valence-corrected chi connectivity index (χ2v) is 9.79. The lowest BCUT2D eigenvalue weighted by atomic mass is 10.1. The van der Waals surface area contributed by atoms with Gasteiger partial charge in [0.2, 0.25) is 6.79 Å². The van der Waals surface area contributed by atoms with Crippen LogP contribution in [-0.4, -0.2) is 36.9 Å². The highest BCUT2D eigenvalue weighted by molar-refractivity contribution is 5.83. The molecule has 0 spiro atoms. The first kappa shape index (κ1) is 23.6. The predicted molar refractivity (Wildman–Crippen MR) is 135 cm³/mol. The average molecular weight is 505 g/mol. The highest BCUT2D eigenvalue weighted by Crippen LogP contribution is 2.36. The van der Waals surface area contributed by atoms with Crippen LogP contribution in [0.15, 0.2) is 47.3 Å². The molecule has 10 heteroatoms. The van der Waals surface area contributed by atoms with Gasteiger partial charge in [-0.1, -0.05) is 31.9 Å². The number of ether oxygens (including phenoxy) is 2. The molecule has 1 fully saturated rings. The maximum atomic E-state index is 13.6. The van der Waals surface area contributed by atoms with Gasteiger partial charge in [-0.3, -0.25) is 9.69 Å². The number of hydrogen-bond donors (Lipinski definition) is 1. The van der Waals surface area contributed by atoms with Crippen LogP contribution in [0.25, 0.3) is 10.9 Å². The lowest BCUT2D eigenvalue weighted by molar-refractivity contribution is 0.158. The molecule has 2 aromatic carbocycles. The number of tetrazole rings is 1. The molecule has 1 N–H and O–H groups in total. The Labute approximate surface area is 213 Å². The van der Waals surface area contributed by atoms with E-state index in [2.05, 4.69) is 32.3 Å². The van der Waals surface area contributed by atoms with Crippen molar-refractivity contribution >= 4 is 10.9 Å². The molecule has 4 aromatic rings. The number of aromatic amines is 1. The molecule has 0 bridgehead atoms. The van der Waals surface area contributed by atoms with Crippen LogP contribution < -0.4 is 15.0 Å². The minimum absolute atomic E-state index is 0.132. The SMILES string of the molecule is CCC(c1nnnn1C1CCCC1)N(Cc1ccc(F)cc1)Cc1cc2cc3c(cc2[nH]c1=O)OCO3. The van der Waals surface area contributed by atoms with Crippen molar-refractivity contribution in [3.8, 4) is 11.5 Å². The summed E-state index contributed by atoms with van der Waals surface area (Å²) in [5, 5.41) is 13.7. The standard InChI is InChI=1S/C27H29FN6O3/c1-2-23(26-30-31-32-34(26)21-5-3-4-6-21)33(14-17-7-9-20(28)10-8-17)15-19-11-18-12-24-25(37-16-36-24)13-22(18)29-27(19)35/h7-13,21,23H,2-6,14-16H2,1H3,(H,29,35). The Hall–Kier alpha value is -3.79. The van der Waals surface area contributed by atoms with Gasteiger partial charge in [-0.05, 0) is 59.5 Å². The Morgan fingerprint density at radius 2 is 1.86 bits per heavy atom. The fourth-order valence-corrected chi connectivity index (χ4v) is 5.51. The van der Waals surface area contributed by atoms with Gasteiger partial charge in [0.15, 0.2) is 17.3 Å².